The summed E-state index contributed by atoms with van der Waals surface area (Å²) >= 11 is 2.78. The Morgan fingerprint density at radius 3 is 2.85 bits per heavy atom. The predicted octanol–water partition coefficient (Wildman–Crippen LogP) is 5.82. The molecule has 2 aromatic carbocycles. The molecule has 9 heteroatoms. The van der Waals surface area contributed by atoms with E-state index >= 15 is 0 Å². The van der Waals surface area contributed by atoms with Crippen molar-refractivity contribution < 1.29 is 9.53 Å². The summed E-state index contributed by atoms with van der Waals surface area (Å²) in [5.74, 6) is 1.94. The molecule has 4 aromatic rings. The van der Waals surface area contributed by atoms with E-state index in [4.69, 9.17) is 4.74 Å². The Morgan fingerprint density at radius 1 is 1.26 bits per heavy atom. The third-order valence-corrected chi connectivity index (χ3v) is 7.04. The van der Waals surface area contributed by atoms with Crippen LogP contribution in [0.15, 0.2) is 60.3 Å². The van der Waals surface area contributed by atoms with E-state index in [0.29, 0.717) is 28.6 Å². The van der Waals surface area contributed by atoms with Crippen LogP contribution in [0.3, 0.4) is 0 Å². The van der Waals surface area contributed by atoms with E-state index < -0.39 is 0 Å². The van der Waals surface area contributed by atoms with Gasteiger partial charge in [-0.25, -0.2) is 4.98 Å². The van der Waals surface area contributed by atoms with E-state index in [9.17, 15) is 4.79 Å². The first kappa shape index (κ1) is 24.0. The summed E-state index contributed by atoms with van der Waals surface area (Å²) in [6.45, 7) is 11.0. The zero-order chi connectivity index (χ0) is 24.1. The van der Waals surface area contributed by atoms with Crippen LogP contribution >= 0.6 is 23.1 Å². The highest BCUT2D eigenvalue weighted by molar-refractivity contribution is 7.99. The lowest BCUT2D eigenvalue weighted by molar-refractivity contribution is -0.113. The number of ether oxygens (including phenoxy) is 1. The number of rotatable bonds is 10. The molecule has 0 fully saturated rings. The van der Waals surface area contributed by atoms with Crippen LogP contribution in [0.1, 0.15) is 36.7 Å². The number of anilines is 1. The normalized spacial score (nSPS) is 11.2. The molecular weight excluding hydrogens is 466 g/mol. The molecule has 0 spiro atoms. The lowest BCUT2D eigenvalue weighted by atomic mass is 10.0. The Balaban J connectivity index is 1.41. The zero-order valence-electron chi connectivity index (χ0n) is 19.4. The molecule has 7 nitrogen and oxygen atoms in total. The molecule has 0 aliphatic rings. The fraction of sp³-hybridized carbons (Fsp3) is 0.280. The fourth-order valence-corrected chi connectivity index (χ4v) is 5.09. The minimum Gasteiger partial charge on any atom is -0.485 e. The minimum absolute atomic E-state index is 0.142. The molecule has 0 aliphatic carbocycles. The number of carbonyl (C=O) groups is 1. The Bertz CT molecular complexity index is 1280. The first-order valence-electron chi connectivity index (χ1n) is 11.0. The average Bonchev–Trinajstić information content (AvgIpc) is 3.39. The third kappa shape index (κ3) is 5.66. The highest BCUT2D eigenvalue weighted by atomic mass is 32.2. The summed E-state index contributed by atoms with van der Waals surface area (Å²) in [5, 5.41) is 12.7. The van der Waals surface area contributed by atoms with Crippen molar-refractivity contribution in [1.82, 2.24) is 19.7 Å². The maximum absolute atomic E-state index is 12.5. The third-order valence-electron chi connectivity index (χ3n) is 5.13. The maximum atomic E-state index is 12.5. The van der Waals surface area contributed by atoms with E-state index in [1.54, 1.807) is 6.08 Å². The van der Waals surface area contributed by atoms with Crippen molar-refractivity contribution in [3.05, 3.63) is 72.1 Å². The molecule has 0 bridgehead atoms. The van der Waals surface area contributed by atoms with Crippen molar-refractivity contribution in [2.24, 2.45) is 0 Å². The van der Waals surface area contributed by atoms with Crippen molar-refractivity contribution in [1.29, 1.82) is 0 Å². The number of fused-ring (bicyclic) bond motifs is 1. The second-order valence-corrected chi connectivity index (χ2v) is 10.1. The molecule has 34 heavy (non-hydrogen) atoms. The van der Waals surface area contributed by atoms with E-state index in [0.717, 1.165) is 27.1 Å². The predicted molar refractivity (Wildman–Crippen MR) is 139 cm³/mol. The molecule has 0 atom stereocenters. The minimum atomic E-state index is -0.142. The van der Waals surface area contributed by atoms with Gasteiger partial charge in [-0.15, -0.1) is 16.8 Å². The molecule has 1 amide bonds. The van der Waals surface area contributed by atoms with Gasteiger partial charge in [-0.2, -0.15) is 0 Å². The fourth-order valence-electron chi connectivity index (χ4n) is 3.44. The van der Waals surface area contributed by atoms with Crippen molar-refractivity contribution in [3.8, 4) is 5.75 Å². The van der Waals surface area contributed by atoms with E-state index in [1.807, 2.05) is 41.8 Å². The number of thioether (sulfide) groups is 1. The largest absolute Gasteiger partial charge is 0.485 e. The number of thiazole rings is 1. The van der Waals surface area contributed by atoms with Gasteiger partial charge in [0.05, 0.1) is 16.0 Å². The molecule has 176 valence electrons. The molecule has 2 heterocycles. The van der Waals surface area contributed by atoms with Crippen LogP contribution in [0, 0.1) is 6.92 Å². The number of amides is 1. The van der Waals surface area contributed by atoms with Crippen molar-refractivity contribution >= 4 is 44.4 Å². The van der Waals surface area contributed by atoms with E-state index in [1.165, 1.54) is 23.1 Å². The highest BCUT2D eigenvalue weighted by Crippen LogP contribution is 2.29. The summed E-state index contributed by atoms with van der Waals surface area (Å²) in [7, 11) is 0. The molecule has 0 radical (unpaired) electrons. The SMILES string of the molecule is C=CCn1c(COc2cc(C)ccc2C(C)C)nnc1SCC(=O)Nc1nc2ccccc2s1. The number of allylic oxidation sites excluding steroid dienone is 1. The molecule has 0 unspecified atom stereocenters. The standard InChI is InChI=1S/C25H27N5O2S2/c1-5-12-30-22(14-32-20-13-17(4)10-11-18(20)16(2)3)28-29-25(30)33-15-23(31)27-24-26-19-8-6-7-9-21(19)34-24/h5-11,13,16H,1,12,14-15H2,2-4H3,(H,26,27,31). The van der Waals surface area contributed by atoms with Crippen LogP contribution < -0.4 is 10.1 Å². The summed E-state index contributed by atoms with van der Waals surface area (Å²) < 4.78 is 9.11. The van der Waals surface area contributed by atoms with Crippen LogP contribution in [0.2, 0.25) is 0 Å². The smallest absolute Gasteiger partial charge is 0.236 e. The van der Waals surface area contributed by atoms with Crippen molar-refractivity contribution in [2.45, 2.75) is 45.0 Å². The van der Waals surface area contributed by atoms with Gasteiger partial charge in [0.15, 0.2) is 16.1 Å². The van der Waals surface area contributed by atoms with Gasteiger partial charge in [-0.05, 0) is 42.2 Å². The van der Waals surface area contributed by atoms with Crippen LogP contribution in [-0.4, -0.2) is 31.4 Å². The number of nitrogens with one attached hydrogen (secondary N) is 1. The van der Waals surface area contributed by atoms with Crippen LogP contribution in [-0.2, 0) is 17.9 Å². The Kier molecular flexibility index (Phi) is 7.64. The number of aryl methyl sites for hydroxylation is 1. The number of hydrogen-bond donors (Lipinski definition) is 1. The number of para-hydroxylation sites is 1. The average molecular weight is 494 g/mol. The number of nitrogens with zero attached hydrogens (tertiary/aromatic N) is 4. The Morgan fingerprint density at radius 2 is 2.09 bits per heavy atom. The topological polar surface area (TPSA) is 81.9 Å². The lowest BCUT2D eigenvalue weighted by Gasteiger charge is -2.15. The van der Waals surface area contributed by atoms with Gasteiger partial charge >= 0.3 is 0 Å². The molecule has 0 aliphatic heterocycles. The van der Waals surface area contributed by atoms with Gasteiger partial charge < -0.3 is 10.1 Å². The lowest BCUT2D eigenvalue weighted by Crippen LogP contribution is -2.14. The number of hydrogen-bond acceptors (Lipinski definition) is 7. The molecule has 2 aromatic heterocycles. The van der Waals surface area contributed by atoms with Crippen LogP contribution in [0.25, 0.3) is 10.2 Å². The van der Waals surface area contributed by atoms with Gasteiger partial charge in [0.2, 0.25) is 5.91 Å². The van der Waals surface area contributed by atoms with Crippen molar-refractivity contribution in [2.75, 3.05) is 11.1 Å². The summed E-state index contributed by atoms with van der Waals surface area (Å²) in [5.41, 5.74) is 3.17. The van der Waals surface area contributed by atoms with Crippen LogP contribution in [0.5, 0.6) is 5.75 Å². The molecular formula is C25H27N5O2S2. The summed E-state index contributed by atoms with van der Waals surface area (Å²) in [4.78, 5) is 17.0. The summed E-state index contributed by atoms with van der Waals surface area (Å²) in [6.07, 6.45) is 1.78. The van der Waals surface area contributed by atoms with Crippen LogP contribution in [0.4, 0.5) is 5.13 Å². The van der Waals surface area contributed by atoms with Gasteiger partial charge in [0, 0.05) is 6.54 Å². The van der Waals surface area contributed by atoms with Crippen molar-refractivity contribution in [3.63, 3.8) is 0 Å². The highest BCUT2D eigenvalue weighted by Gasteiger charge is 2.16. The monoisotopic (exact) mass is 493 g/mol. The van der Waals surface area contributed by atoms with E-state index in [2.05, 4.69) is 53.1 Å². The van der Waals surface area contributed by atoms with Gasteiger partial charge in [-0.3, -0.25) is 9.36 Å². The number of aromatic nitrogens is 4. The van der Waals surface area contributed by atoms with Gasteiger partial charge in [-0.1, -0.05) is 67.3 Å². The number of carbonyl (C=O) groups excluding carboxylic acids is 1. The second-order valence-electron chi connectivity index (χ2n) is 8.11. The Labute approximate surface area is 207 Å². The maximum Gasteiger partial charge on any atom is 0.236 e. The second kappa shape index (κ2) is 10.8. The first-order chi connectivity index (χ1) is 16.4. The number of benzene rings is 2. The first-order valence-corrected chi connectivity index (χ1v) is 12.8. The quantitative estimate of drug-likeness (QED) is 0.222. The molecule has 1 N–H and O–H groups in total. The van der Waals surface area contributed by atoms with Gasteiger partial charge in [0.1, 0.15) is 12.4 Å². The molecule has 0 saturated heterocycles. The van der Waals surface area contributed by atoms with E-state index in [-0.39, 0.29) is 18.3 Å². The summed E-state index contributed by atoms with van der Waals surface area (Å²) in [6, 6.07) is 14.0. The molecule has 0 saturated carbocycles. The zero-order valence-corrected chi connectivity index (χ0v) is 21.1. The Hall–Kier alpha value is -3.17. The molecule has 4 rings (SSSR count). The van der Waals surface area contributed by atoms with Gasteiger partial charge in [0.25, 0.3) is 0 Å².